The third kappa shape index (κ3) is 5.38. The van der Waals surface area contributed by atoms with Gasteiger partial charge in [-0.1, -0.05) is 12.1 Å². The van der Waals surface area contributed by atoms with Crippen LogP contribution in [0.1, 0.15) is 81.6 Å². The van der Waals surface area contributed by atoms with Crippen LogP contribution in [0.4, 0.5) is 0 Å². The quantitative estimate of drug-likeness (QED) is 0.495. The molecule has 4 saturated carbocycles. The molecule has 6 fully saturated rings. The fourth-order valence-electron chi connectivity index (χ4n) is 9.65. The maximum absolute atomic E-state index is 13.7. The summed E-state index contributed by atoms with van der Waals surface area (Å²) in [5.41, 5.74) is 2.18. The Bertz CT molecular complexity index is 1360. The van der Waals surface area contributed by atoms with Gasteiger partial charge in [-0.15, -0.1) is 0 Å². The molecule has 0 spiro atoms. The number of piperazine rings is 1. The Morgan fingerprint density at radius 2 is 1.59 bits per heavy atom. The van der Waals surface area contributed by atoms with Crippen LogP contribution in [0.2, 0.25) is 0 Å². The van der Waals surface area contributed by atoms with Gasteiger partial charge in [0.25, 0.3) is 5.56 Å². The lowest BCUT2D eigenvalue weighted by Gasteiger charge is -2.57. The van der Waals surface area contributed by atoms with Crippen LogP contribution in [0, 0.1) is 30.1 Å². The number of carbonyl (C=O) groups is 2. The minimum Gasteiger partial charge on any atom is -0.301 e. The van der Waals surface area contributed by atoms with Crippen LogP contribution in [0.3, 0.4) is 0 Å². The zero-order valence-electron chi connectivity index (χ0n) is 24.6. The summed E-state index contributed by atoms with van der Waals surface area (Å²) < 4.78 is 1.50. The molecule has 8 nitrogen and oxygen atoms in total. The minimum absolute atomic E-state index is 0.176. The summed E-state index contributed by atoms with van der Waals surface area (Å²) in [6, 6.07) is 5.19. The number of aryl methyl sites for hydroxylation is 2. The fourth-order valence-corrected chi connectivity index (χ4v) is 9.65. The number of hydrogen-bond acceptors (Lipinski definition) is 6. The van der Waals surface area contributed by atoms with Gasteiger partial charge in [0.05, 0.1) is 10.9 Å². The summed E-state index contributed by atoms with van der Waals surface area (Å²) >= 11 is 0. The highest BCUT2D eigenvalue weighted by Crippen LogP contribution is 2.61. The van der Waals surface area contributed by atoms with Crippen LogP contribution in [-0.2, 0) is 16.0 Å². The zero-order valence-corrected chi connectivity index (χ0v) is 24.6. The van der Waals surface area contributed by atoms with Crippen molar-refractivity contribution in [2.75, 3.05) is 39.3 Å². The van der Waals surface area contributed by atoms with Crippen molar-refractivity contribution in [2.45, 2.75) is 83.6 Å². The Balaban J connectivity index is 0.940. The lowest BCUT2D eigenvalue weighted by atomic mass is 9.49. The van der Waals surface area contributed by atoms with Crippen LogP contribution in [-0.4, -0.2) is 70.4 Å². The molecule has 8 rings (SSSR count). The average Bonchev–Trinajstić information content (AvgIpc) is 2.93. The van der Waals surface area contributed by atoms with Crippen molar-refractivity contribution in [3.05, 3.63) is 39.9 Å². The van der Waals surface area contributed by atoms with E-state index in [2.05, 4.69) is 15.1 Å². The Kier molecular flexibility index (Phi) is 7.26. The topological polar surface area (TPSA) is 87.5 Å². The molecule has 1 atom stereocenters. The molecule has 4 bridgehead atoms. The number of benzene rings is 1. The molecule has 2 aromatic rings. The van der Waals surface area contributed by atoms with Crippen LogP contribution in [0.25, 0.3) is 10.9 Å². The zero-order chi connectivity index (χ0) is 28.1. The SMILES string of the molecule is Cc1nc2cccc(CCCN3CCN(CCC45CC6CC(CC(C6)C4)C5)CC3)c2c(=O)n1C1CCC(=O)NC1=O. The lowest BCUT2D eigenvalue weighted by Crippen LogP contribution is -2.50. The number of amides is 2. The summed E-state index contributed by atoms with van der Waals surface area (Å²) in [5.74, 6) is 2.94. The molecule has 41 heavy (non-hydrogen) atoms. The van der Waals surface area contributed by atoms with E-state index >= 15 is 0 Å². The van der Waals surface area contributed by atoms with Gasteiger partial charge in [0.2, 0.25) is 11.8 Å². The number of piperidine rings is 1. The molecular formula is C33H45N5O3. The first-order chi connectivity index (χ1) is 19.9. The second-order valence-corrected chi connectivity index (χ2v) is 14.1. The summed E-state index contributed by atoms with van der Waals surface area (Å²) in [4.78, 5) is 47.9. The van der Waals surface area contributed by atoms with Gasteiger partial charge in [0, 0.05) is 32.6 Å². The van der Waals surface area contributed by atoms with E-state index in [9.17, 15) is 14.4 Å². The Morgan fingerprint density at radius 1 is 0.927 bits per heavy atom. The normalized spacial score (nSPS) is 32.1. The van der Waals surface area contributed by atoms with Crippen molar-refractivity contribution in [2.24, 2.45) is 23.2 Å². The number of fused-ring (bicyclic) bond motifs is 1. The van der Waals surface area contributed by atoms with E-state index in [0.717, 1.165) is 55.8 Å². The molecule has 1 unspecified atom stereocenters. The number of nitrogens with zero attached hydrogens (tertiary/aromatic N) is 4. The molecule has 2 amide bonds. The second kappa shape index (κ2) is 10.9. The van der Waals surface area contributed by atoms with Gasteiger partial charge in [-0.2, -0.15) is 0 Å². The maximum atomic E-state index is 13.7. The predicted molar refractivity (Wildman–Crippen MR) is 159 cm³/mol. The van der Waals surface area contributed by atoms with Gasteiger partial charge in [0.15, 0.2) is 0 Å². The van der Waals surface area contributed by atoms with Crippen LogP contribution in [0.5, 0.6) is 0 Å². The highest BCUT2D eigenvalue weighted by molar-refractivity contribution is 5.99. The summed E-state index contributed by atoms with van der Waals surface area (Å²) in [7, 11) is 0. The molecule has 2 aliphatic heterocycles. The molecule has 4 aliphatic carbocycles. The van der Waals surface area contributed by atoms with Crippen LogP contribution in [0.15, 0.2) is 23.0 Å². The molecule has 3 heterocycles. The highest BCUT2D eigenvalue weighted by Gasteiger charge is 2.50. The fraction of sp³-hybridized carbons (Fsp3) is 0.697. The van der Waals surface area contributed by atoms with Crippen molar-refractivity contribution in [1.82, 2.24) is 24.7 Å². The first-order valence-electron chi connectivity index (χ1n) is 16.1. The minimum atomic E-state index is -0.690. The summed E-state index contributed by atoms with van der Waals surface area (Å²) in [6.45, 7) is 8.65. The van der Waals surface area contributed by atoms with Crippen molar-refractivity contribution in [3.8, 4) is 0 Å². The molecule has 8 heteroatoms. The smallest absolute Gasteiger partial charge is 0.262 e. The van der Waals surface area contributed by atoms with Gasteiger partial charge in [-0.05, 0) is 119 Å². The van der Waals surface area contributed by atoms with Crippen molar-refractivity contribution < 1.29 is 9.59 Å². The number of rotatable bonds is 8. The number of aromatic nitrogens is 2. The monoisotopic (exact) mass is 559 g/mol. The van der Waals surface area contributed by atoms with E-state index in [0.29, 0.717) is 28.6 Å². The van der Waals surface area contributed by atoms with E-state index in [-0.39, 0.29) is 17.9 Å². The molecule has 220 valence electrons. The molecule has 1 N–H and O–H groups in total. The number of hydrogen-bond donors (Lipinski definition) is 1. The van der Waals surface area contributed by atoms with E-state index in [1.54, 1.807) is 6.92 Å². The molecule has 1 aromatic heterocycles. The van der Waals surface area contributed by atoms with Crippen molar-refractivity contribution in [1.29, 1.82) is 0 Å². The highest BCUT2D eigenvalue weighted by atomic mass is 16.2. The first kappa shape index (κ1) is 27.3. The third-order valence-corrected chi connectivity index (χ3v) is 11.2. The van der Waals surface area contributed by atoms with Gasteiger partial charge in [-0.25, -0.2) is 4.98 Å². The lowest BCUT2D eigenvalue weighted by molar-refractivity contribution is -0.135. The molecular weight excluding hydrogens is 514 g/mol. The van der Waals surface area contributed by atoms with Crippen molar-refractivity contribution in [3.63, 3.8) is 0 Å². The van der Waals surface area contributed by atoms with Crippen molar-refractivity contribution >= 4 is 22.7 Å². The van der Waals surface area contributed by atoms with Gasteiger partial charge in [-0.3, -0.25) is 24.3 Å². The largest absolute Gasteiger partial charge is 0.301 e. The molecule has 1 aromatic carbocycles. The number of carbonyl (C=O) groups excluding carboxylic acids is 2. The summed E-state index contributed by atoms with van der Waals surface area (Å²) in [6.07, 6.45) is 12.9. The van der Waals surface area contributed by atoms with E-state index in [4.69, 9.17) is 4.98 Å². The Hall–Kier alpha value is -2.58. The first-order valence-corrected chi connectivity index (χ1v) is 16.1. The van der Waals surface area contributed by atoms with E-state index in [1.807, 2.05) is 18.2 Å². The third-order valence-electron chi connectivity index (χ3n) is 11.2. The predicted octanol–water partition coefficient (Wildman–Crippen LogP) is 3.84. The second-order valence-electron chi connectivity index (χ2n) is 14.1. The Morgan fingerprint density at radius 3 is 2.24 bits per heavy atom. The van der Waals surface area contributed by atoms with Gasteiger partial charge >= 0.3 is 0 Å². The average molecular weight is 560 g/mol. The van der Waals surface area contributed by atoms with E-state index in [1.165, 1.54) is 69.1 Å². The standard InChI is InChI=1S/C33H45N5O3/c1-22-34-27-6-2-4-26(30(27)32(41)38(22)28-7-8-29(39)35-31(28)40)5-3-10-36-12-14-37(15-13-36)11-9-33-19-23-16-24(20-33)18-25(17-23)21-33/h2,4,6,23-25,28H,3,5,7-21H2,1H3,(H,35,39,40). The maximum Gasteiger partial charge on any atom is 0.262 e. The molecule has 2 saturated heterocycles. The van der Waals surface area contributed by atoms with Gasteiger partial charge in [0.1, 0.15) is 11.9 Å². The Labute approximate surface area is 242 Å². The van der Waals surface area contributed by atoms with E-state index < -0.39 is 11.9 Å². The summed E-state index contributed by atoms with van der Waals surface area (Å²) in [5, 5.41) is 2.99. The van der Waals surface area contributed by atoms with Gasteiger partial charge < -0.3 is 9.80 Å². The molecule has 6 aliphatic rings. The van der Waals surface area contributed by atoms with Crippen LogP contribution < -0.4 is 10.9 Å². The number of imide groups is 1. The number of nitrogens with one attached hydrogen (secondary N) is 1. The van der Waals surface area contributed by atoms with Crippen LogP contribution >= 0.6 is 0 Å². The molecule has 0 radical (unpaired) electrons.